The molecule has 1 aromatic carbocycles. The number of nitrogens with two attached hydrogens (primary N) is 1. The van der Waals surface area contributed by atoms with Gasteiger partial charge in [0.15, 0.2) is 0 Å². The van der Waals surface area contributed by atoms with Crippen LogP contribution in [0.2, 0.25) is 0 Å². The van der Waals surface area contributed by atoms with E-state index >= 15 is 0 Å². The van der Waals surface area contributed by atoms with E-state index in [2.05, 4.69) is 16.9 Å². The van der Waals surface area contributed by atoms with Crippen molar-refractivity contribution in [1.29, 1.82) is 0 Å². The van der Waals surface area contributed by atoms with E-state index in [1.807, 2.05) is 24.3 Å². The molecule has 0 aliphatic rings. The smallest absolute Gasteiger partial charge is 0.104 e. The van der Waals surface area contributed by atoms with Crippen molar-refractivity contribution in [1.82, 2.24) is 0 Å². The number of aliphatic hydroxyl groups is 1. The topological polar surface area (TPSA) is 58.6 Å². The molecule has 0 aromatic heterocycles. The molecule has 0 heterocycles. The van der Waals surface area contributed by atoms with Crippen LogP contribution in [0.1, 0.15) is 11.1 Å². The van der Waals surface area contributed by atoms with Crippen molar-refractivity contribution >= 4 is 6.21 Å². The number of nitrogens with zero attached hydrogens (tertiary/aromatic N) is 1. The third-order valence-corrected chi connectivity index (χ3v) is 1.45. The van der Waals surface area contributed by atoms with E-state index < -0.39 is 0 Å². The van der Waals surface area contributed by atoms with Crippen molar-refractivity contribution in [3.05, 3.63) is 35.4 Å². The molecule has 3 heteroatoms. The van der Waals surface area contributed by atoms with Gasteiger partial charge in [0.05, 0.1) is 6.21 Å². The summed E-state index contributed by atoms with van der Waals surface area (Å²) in [6.07, 6.45) is 1.56. The minimum atomic E-state index is -0.119. The number of hydrogen-bond donors (Lipinski definition) is 2. The van der Waals surface area contributed by atoms with Gasteiger partial charge in [-0.3, -0.25) is 0 Å². The highest BCUT2D eigenvalue weighted by Crippen LogP contribution is 2.00. The van der Waals surface area contributed by atoms with E-state index in [1.165, 1.54) is 0 Å². The molecular weight excluding hydrogens is 164 g/mol. The number of hydrazone groups is 1. The van der Waals surface area contributed by atoms with Crippen LogP contribution in [0.3, 0.4) is 0 Å². The fraction of sp³-hybridized carbons (Fsp3) is 0.100. The van der Waals surface area contributed by atoms with Crippen LogP contribution in [0.25, 0.3) is 0 Å². The lowest BCUT2D eigenvalue weighted by Crippen LogP contribution is -1.86. The van der Waals surface area contributed by atoms with Crippen LogP contribution >= 0.6 is 0 Å². The summed E-state index contributed by atoms with van der Waals surface area (Å²) in [6.45, 7) is -0.119. The normalized spacial score (nSPS) is 9.62. The van der Waals surface area contributed by atoms with Gasteiger partial charge in [-0.15, -0.1) is 0 Å². The second-order valence-electron chi connectivity index (χ2n) is 2.36. The lowest BCUT2D eigenvalue weighted by atomic mass is 10.1. The summed E-state index contributed by atoms with van der Waals surface area (Å²) in [5.41, 5.74) is 1.79. The van der Waals surface area contributed by atoms with E-state index in [0.717, 1.165) is 11.1 Å². The minimum absolute atomic E-state index is 0.119. The average Bonchev–Trinajstić information content (AvgIpc) is 2.17. The first kappa shape index (κ1) is 9.30. The number of rotatable bonds is 1. The summed E-state index contributed by atoms with van der Waals surface area (Å²) in [7, 11) is 0. The first-order valence-electron chi connectivity index (χ1n) is 3.80. The van der Waals surface area contributed by atoms with E-state index in [9.17, 15) is 0 Å². The Labute approximate surface area is 76.9 Å². The Balaban J connectivity index is 2.81. The fourth-order valence-corrected chi connectivity index (χ4v) is 0.880. The molecule has 0 radical (unpaired) electrons. The zero-order chi connectivity index (χ0) is 9.52. The maximum Gasteiger partial charge on any atom is 0.104 e. The highest BCUT2D eigenvalue weighted by molar-refractivity contribution is 5.79. The summed E-state index contributed by atoms with van der Waals surface area (Å²) in [4.78, 5) is 0. The van der Waals surface area contributed by atoms with E-state index in [4.69, 9.17) is 10.9 Å². The van der Waals surface area contributed by atoms with Gasteiger partial charge >= 0.3 is 0 Å². The quantitative estimate of drug-likeness (QED) is 0.279. The average molecular weight is 174 g/mol. The van der Waals surface area contributed by atoms with Crippen molar-refractivity contribution < 1.29 is 5.11 Å². The molecule has 0 aliphatic carbocycles. The second kappa shape index (κ2) is 4.96. The van der Waals surface area contributed by atoms with Crippen molar-refractivity contribution in [2.75, 3.05) is 6.61 Å². The highest BCUT2D eigenvalue weighted by Gasteiger charge is 1.87. The third-order valence-electron chi connectivity index (χ3n) is 1.45. The second-order valence-corrected chi connectivity index (χ2v) is 2.36. The SMILES string of the molecule is NN=Cc1ccc(C#CCO)cc1. The van der Waals surface area contributed by atoms with Crippen LogP contribution in [0, 0.1) is 11.8 Å². The highest BCUT2D eigenvalue weighted by atomic mass is 16.2. The minimum Gasteiger partial charge on any atom is -0.384 e. The molecule has 1 aromatic rings. The van der Waals surface area contributed by atoms with Crippen LogP contribution in [-0.2, 0) is 0 Å². The van der Waals surface area contributed by atoms with Gasteiger partial charge in [0.1, 0.15) is 6.61 Å². The van der Waals surface area contributed by atoms with Gasteiger partial charge in [-0.1, -0.05) is 24.0 Å². The Kier molecular flexibility index (Phi) is 3.55. The Morgan fingerprint density at radius 1 is 1.38 bits per heavy atom. The van der Waals surface area contributed by atoms with Gasteiger partial charge in [-0.25, -0.2) is 0 Å². The first-order valence-corrected chi connectivity index (χ1v) is 3.80. The summed E-state index contributed by atoms with van der Waals surface area (Å²) in [5.74, 6) is 10.3. The predicted molar refractivity (Wildman–Crippen MR) is 52.2 cm³/mol. The van der Waals surface area contributed by atoms with E-state index in [1.54, 1.807) is 6.21 Å². The maximum absolute atomic E-state index is 8.46. The molecule has 3 nitrogen and oxygen atoms in total. The molecule has 0 spiro atoms. The van der Waals surface area contributed by atoms with Crippen LogP contribution in [-0.4, -0.2) is 17.9 Å². The zero-order valence-electron chi connectivity index (χ0n) is 7.07. The molecular formula is C10H10N2O. The summed E-state index contributed by atoms with van der Waals surface area (Å²) in [5, 5.41) is 11.9. The van der Waals surface area contributed by atoms with Gasteiger partial charge in [0, 0.05) is 5.56 Å². The molecule has 0 saturated heterocycles. The third kappa shape index (κ3) is 2.97. The van der Waals surface area contributed by atoms with Crippen LogP contribution in [0.4, 0.5) is 0 Å². The van der Waals surface area contributed by atoms with Crippen LogP contribution in [0.5, 0.6) is 0 Å². The van der Waals surface area contributed by atoms with Gasteiger partial charge in [0.25, 0.3) is 0 Å². The molecule has 0 saturated carbocycles. The monoisotopic (exact) mass is 174 g/mol. The molecule has 0 fully saturated rings. The summed E-state index contributed by atoms with van der Waals surface area (Å²) >= 11 is 0. The lowest BCUT2D eigenvalue weighted by molar-refractivity contribution is 0.350. The standard InChI is InChI=1S/C10H10N2O/c11-12-8-10-5-3-9(4-6-10)2-1-7-13/h3-6,8,13H,7,11H2. The molecule has 0 atom stereocenters. The summed E-state index contributed by atoms with van der Waals surface area (Å²) < 4.78 is 0. The van der Waals surface area contributed by atoms with Crippen LogP contribution < -0.4 is 5.84 Å². The molecule has 1 rings (SSSR count). The number of hydrogen-bond acceptors (Lipinski definition) is 3. The molecule has 0 aliphatic heterocycles. The number of benzene rings is 1. The van der Waals surface area contributed by atoms with Crippen molar-refractivity contribution in [2.24, 2.45) is 10.9 Å². The molecule has 0 amide bonds. The molecule has 3 N–H and O–H groups in total. The van der Waals surface area contributed by atoms with Gasteiger partial charge < -0.3 is 10.9 Å². The van der Waals surface area contributed by atoms with Gasteiger partial charge in [-0.2, -0.15) is 5.10 Å². The van der Waals surface area contributed by atoms with Crippen molar-refractivity contribution in [2.45, 2.75) is 0 Å². The number of aliphatic hydroxyl groups excluding tert-OH is 1. The molecule has 0 bridgehead atoms. The predicted octanol–water partition coefficient (Wildman–Crippen LogP) is 0.323. The molecule has 66 valence electrons. The van der Waals surface area contributed by atoms with Crippen molar-refractivity contribution in [3.63, 3.8) is 0 Å². The maximum atomic E-state index is 8.46. The zero-order valence-corrected chi connectivity index (χ0v) is 7.07. The largest absolute Gasteiger partial charge is 0.384 e. The Bertz CT molecular complexity index is 343. The summed E-state index contributed by atoms with van der Waals surface area (Å²) in [6, 6.07) is 7.41. The van der Waals surface area contributed by atoms with Crippen molar-refractivity contribution in [3.8, 4) is 11.8 Å². The molecule has 0 unspecified atom stereocenters. The molecule has 13 heavy (non-hydrogen) atoms. The fourth-order valence-electron chi connectivity index (χ4n) is 0.880. The Morgan fingerprint density at radius 3 is 2.62 bits per heavy atom. The van der Waals surface area contributed by atoms with Gasteiger partial charge in [-0.05, 0) is 17.7 Å². The van der Waals surface area contributed by atoms with E-state index in [-0.39, 0.29) is 6.61 Å². The van der Waals surface area contributed by atoms with Gasteiger partial charge in [0.2, 0.25) is 0 Å². The van der Waals surface area contributed by atoms with E-state index in [0.29, 0.717) is 0 Å². The lowest BCUT2D eigenvalue weighted by Gasteiger charge is -1.91. The van der Waals surface area contributed by atoms with Crippen LogP contribution in [0.15, 0.2) is 29.4 Å². The Morgan fingerprint density at radius 2 is 2.08 bits per heavy atom. The first-order chi connectivity index (χ1) is 6.36. The Hall–Kier alpha value is -1.79.